The molecule has 0 spiro atoms. The number of carboxylic acid groups (broad SMARTS) is 1. The topological polar surface area (TPSA) is 79.6 Å². The first-order valence-electron chi connectivity index (χ1n) is 5.22. The van der Waals surface area contributed by atoms with Crippen LogP contribution in [0.15, 0.2) is 21.6 Å². The number of aryl methyl sites for hydroxylation is 1. The zero-order valence-corrected chi connectivity index (χ0v) is 11.9. The quantitative estimate of drug-likeness (QED) is 0.524. The highest BCUT2D eigenvalue weighted by Gasteiger charge is 2.30. The van der Waals surface area contributed by atoms with Crippen LogP contribution in [0.2, 0.25) is 0 Å². The zero-order chi connectivity index (χ0) is 13.9. The highest BCUT2D eigenvalue weighted by Crippen LogP contribution is 2.16. The predicted molar refractivity (Wildman–Crippen MR) is 71.2 cm³/mol. The van der Waals surface area contributed by atoms with Gasteiger partial charge in [-0.2, -0.15) is 0 Å². The van der Waals surface area contributed by atoms with Crippen LogP contribution in [-0.4, -0.2) is 34.6 Å². The SMILES string of the molecule is C/N=C(/C)C(C(=O)O)C(=O)c1ccc(Br)c(C)n1. The second-order valence-electron chi connectivity index (χ2n) is 3.76. The van der Waals surface area contributed by atoms with Crippen molar-refractivity contribution in [3.8, 4) is 0 Å². The van der Waals surface area contributed by atoms with Crippen LogP contribution < -0.4 is 0 Å². The molecule has 0 saturated carbocycles. The lowest BCUT2D eigenvalue weighted by Gasteiger charge is -2.10. The van der Waals surface area contributed by atoms with Crippen LogP contribution in [-0.2, 0) is 4.79 Å². The molecule has 1 rings (SSSR count). The van der Waals surface area contributed by atoms with Gasteiger partial charge in [0.2, 0.25) is 5.78 Å². The fourth-order valence-corrected chi connectivity index (χ4v) is 1.66. The molecule has 1 aromatic heterocycles. The first-order valence-corrected chi connectivity index (χ1v) is 6.01. The maximum absolute atomic E-state index is 12.1. The van der Waals surface area contributed by atoms with E-state index in [1.54, 1.807) is 13.0 Å². The van der Waals surface area contributed by atoms with Gasteiger partial charge in [-0.1, -0.05) is 0 Å². The molecule has 1 N–H and O–H groups in total. The number of ketones is 1. The fraction of sp³-hybridized carbons (Fsp3) is 0.333. The number of aromatic nitrogens is 1. The Morgan fingerprint density at radius 2 is 2.06 bits per heavy atom. The molecule has 0 aromatic carbocycles. The molecule has 0 radical (unpaired) electrons. The lowest BCUT2D eigenvalue weighted by Crippen LogP contribution is -2.31. The van der Waals surface area contributed by atoms with Crippen molar-refractivity contribution in [2.24, 2.45) is 10.9 Å². The van der Waals surface area contributed by atoms with E-state index in [1.807, 2.05) is 0 Å². The maximum Gasteiger partial charge on any atom is 0.320 e. The second-order valence-corrected chi connectivity index (χ2v) is 4.62. The summed E-state index contributed by atoms with van der Waals surface area (Å²) >= 11 is 3.27. The Labute approximate surface area is 113 Å². The largest absolute Gasteiger partial charge is 0.480 e. The highest BCUT2D eigenvalue weighted by molar-refractivity contribution is 9.10. The Hall–Kier alpha value is -1.56. The summed E-state index contributed by atoms with van der Waals surface area (Å²) in [6, 6.07) is 3.17. The van der Waals surface area contributed by atoms with Gasteiger partial charge in [0.05, 0.1) is 5.69 Å². The van der Waals surface area contributed by atoms with Crippen molar-refractivity contribution in [1.29, 1.82) is 0 Å². The summed E-state index contributed by atoms with van der Waals surface area (Å²) in [4.78, 5) is 31.1. The molecule has 0 aliphatic carbocycles. The number of nitrogens with zero attached hydrogens (tertiary/aromatic N) is 2. The van der Waals surface area contributed by atoms with Gasteiger partial charge in [-0.15, -0.1) is 0 Å². The molecule has 1 heterocycles. The number of Topliss-reactive ketones (excluding diaryl/α,β-unsaturated/α-hetero) is 1. The van der Waals surface area contributed by atoms with E-state index in [2.05, 4.69) is 25.9 Å². The van der Waals surface area contributed by atoms with E-state index in [4.69, 9.17) is 5.11 Å². The van der Waals surface area contributed by atoms with Gasteiger partial charge in [0.15, 0.2) is 5.92 Å². The molecule has 0 aliphatic rings. The Morgan fingerprint density at radius 1 is 1.44 bits per heavy atom. The number of halogens is 1. The number of rotatable bonds is 4. The molecule has 18 heavy (non-hydrogen) atoms. The molecule has 0 saturated heterocycles. The van der Waals surface area contributed by atoms with Crippen molar-refractivity contribution in [1.82, 2.24) is 4.98 Å². The molecule has 1 atom stereocenters. The second kappa shape index (κ2) is 5.86. The summed E-state index contributed by atoms with van der Waals surface area (Å²) in [5.41, 5.74) is 1.03. The number of pyridine rings is 1. The van der Waals surface area contributed by atoms with Crippen LogP contribution in [0, 0.1) is 12.8 Å². The molecule has 0 bridgehead atoms. The Balaban J connectivity index is 3.18. The third kappa shape index (κ3) is 3.01. The molecule has 1 unspecified atom stereocenters. The molecule has 0 fully saturated rings. The molecular formula is C12H13BrN2O3. The standard InChI is InChI=1S/C12H13BrN2O3/c1-6-8(13)4-5-9(15-6)11(16)10(12(17)18)7(2)14-3/h4-5,10H,1-3H3,(H,17,18)/b14-7-. The van der Waals surface area contributed by atoms with Crippen LogP contribution in [0.5, 0.6) is 0 Å². The van der Waals surface area contributed by atoms with E-state index in [9.17, 15) is 9.59 Å². The lowest BCUT2D eigenvalue weighted by molar-refractivity contribution is -0.137. The third-order valence-corrected chi connectivity index (χ3v) is 3.39. The van der Waals surface area contributed by atoms with Gasteiger partial charge < -0.3 is 5.11 Å². The Kier molecular flexibility index (Phi) is 4.72. The first-order chi connectivity index (χ1) is 8.38. The molecule has 96 valence electrons. The summed E-state index contributed by atoms with van der Waals surface area (Å²) < 4.78 is 0.770. The fourth-order valence-electron chi connectivity index (χ4n) is 1.44. The smallest absolute Gasteiger partial charge is 0.320 e. The Morgan fingerprint density at radius 3 is 2.50 bits per heavy atom. The van der Waals surface area contributed by atoms with E-state index in [0.29, 0.717) is 5.69 Å². The van der Waals surface area contributed by atoms with Gasteiger partial charge in [0.25, 0.3) is 0 Å². The number of hydrogen-bond acceptors (Lipinski definition) is 4. The minimum Gasteiger partial charge on any atom is -0.480 e. The molecule has 0 amide bonds. The molecular weight excluding hydrogens is 300 g/mol. The van der Waals surface area contributed by atoms with Crippen molar-refractivity contribution < 1.29 is 14.7 Å². The van der Waals surface area contributed by atoms with Gasteiger partial charge in [0.1, 0.15) is 5.69 Å². The average molecular weight is 313 g/mol. The number of aliphatic imine (C=N–C) groups is 1. The van der Waals surface area contributed by atoms with E-state index in [-0.39, 0.29) is 11.4 Å². The van der Waals surface area contributed by atoms with Gasteiger partial charge >= 0.3 is 5.97 Å². The van der Waals surface area contributed by atoms with Gasteiger partial charge in [-0.25, -0.2) is 4.98 Å². The molecule has 1 aromatic rings. The van der Waals surface area contributed by atoms with E-state index in [0.717, 1.165) is 4.47 Å². The minimum atomic E-state index is -1.27. The van der Waals surface area contributed by atoms with Crippen molar-refractivity contribution in [3.63, 3.8) is 0 Å². The monoisotopic (exact) mass is 312 g/mol. The van der Waals surface area contributed by atoms with Crippen LogP contribution in [0.4, 0.5) is 0 Å². The average Bonchev–Trinajstić information content (AvgIpc) is 2.32. The maximum atomic E-state index is 12.1. The predicted octanol–water partition coefficient (Wildman–Crippen LogP) is 2.13. The number of carbonyl (C=O) groups is 2. The van der Waals surface area contributed by atoms with E-state index in [1.165, 1.54) is 20.0 Å². The van der Waals surface area contributed by atoms with Crippen molar-refractivity contribution in [2.75, 3.05) is 7.05 Å². The zero-order valence-electron chi connectivity index (χ0n) is 10.3. The number of aliphatic carboxylic acids is 1. The van der Waals surface area contributed by atoms with Crippen LogP contribution >= 0.6 is 15.9 Å². The van der Waals surface area contributed by atoms with Gasteiger partial charge in [-0.05, 0) is 41.9 Å². The van der Waals surface area contributed by atoms with Crippen LogP contribution in [0.3, 0.4) is 0 Å². The van der Waals surface area contributed by atoms with Crippen molar-refractivity contribution in [3.05, 3.63) is 28.0 Å². The summed E-state index contributed by atoms with van der Waals surface area (Å²) in [7, 11) is 1.46. The first kappa shape index (κ1) is 14.5. The van der Waals surface area contributed by atoms with Gasteiger partial charge in [0, 0.05) is 17.2 Å². The molecule has 5 nitrogen and oxygen atoms in total. The van der Waals surface area contributed by atoms with Crippen molar-refractivity contribution >= 4 is 33.4 Å². The normalized spacial score (nSPS) is 13.2. The minimum absolute atomic E-state index is 0.131. The summed E-state index contributed by atoms with van der Waals surface area (Å²) in [6.07, 6.45) is 0. The number of hydrogen-bond donors (Lipinski definition) is 1. The molecule has 0 aliphatic heterocycles. The van der Waals surface area contributed by atoms with Crippen LogP contribution in [0.25, 0.3) is 0 Å². The number of carbonyl (C=O) groups excluding carboxylic acids is 1. The third-order valence-electron chi connectivity index (χ3n) is 2.55. The summed E-state index contributed by atoms with van der Waals surface area (Å²) in [5, 5.41) is 9.09. The van der Waals surface area contributed by atoms with E-state index >= 15 is 0 Å². The van der Waals surface area contributed by atoms with Gasteiger partial charge in [-0.3, -0.25) is 14.6 Å². The number of carboxylic acids is 1. The van der Waals surface area contributed by atoms with Crippen LogP contribution in [0.1, 0.15) is 23.1 Å². The Bertz CT molecular complexity index is 526. The summed E-state index contributed by atoms with van der Waals surface area (Å²) in [6.45, 7) is 3.25. The van der Waals surface area contributed by atoms with Crippen molar-refractivity contribution in [2.45, 2.75) is 13.8 Å². The van der Waals surface area contributed by atoms with E-state index < -0.39 is 17.7 Å². The molecule has 6 heteroatoms. The highest BCUT2D eigenvalue weighted by atomic mass is 79.9. The summed E-state index contributed by atoms with van der Waals surface area (Å²) in [5.74, 6) is -3.05. The lowest BCUT2D eigenvalue weighted by atomic mass is 9.96.